The van der Waals surface area contributed by atoms with Crippen molar-refractivity contribution in [3.05, 3.63) is 23.8 Å². The number of allylic oxidation sites excluding steroid dienone is 4. The fourth-order valence-corrected chi connectivity index (χ4v) is 1.48. The maximum Gasteiger partial charge on any atom is 0.106 e. The molecule has 0 fully saturated rings. The third-order valence-electron chi connectivity index (χ3n) is 2.20. The summed E-state index contributed by atoms with van der Waals surface area (Å²) in [5.74, 6) is 0. The van der Waals surface area contributed by atoms with Gasteiger partial charge in [-0.05, 0) is 46.3 Å². The molecule has 0 atom stereocenters. The van der Waals surface area contributed by atoms with Gasteiger partial charge < -0.3 is 9.69 Å². The minimum Gasteiger partial charge on any atom is -0.309 e. The average Bonchev–Trinajstić information content (AvgIpc) is 2.22. The predicted molar refractivity (Wildman–Crippen MR) is 61.4 cm³/mol. The second-order valence-electron chi connectivity index (χ2n) is 3.70. The fourth-order valence-electron chi connectivity index (χ4n) is 1.48. The first-order valence-electron chi connectivity index (χ1n) is 5.07. The summed E-state index contributed by atoms with van der Waals surface area (Å²) in [5.41, 5.74) is 1.62. The van der Waals surface area contributed by atoms with E-state index in [2.05, 4.69) is 37.2 Å². The Kier molecular flexibility index (Phi) is 8.14. The van der Waals surface area contributed by atoms with Crippen molar-refractivity contribution in [2.45, 2.75) is 25.7 Å². The summed E-state index contributed by atoms with van der Waals surface area (Å²) in [6.07, 6.45) is 11.8. The summed E-state index contributed by atoms with van der Waals surface area (Å²) in [5, 5.41) is 0. The SMILES string of the molecule is C=O.CN(C)CCCC1=CC=CCC1. The quantitative estimate of drug-likeness (QED) is 0.686. The van der Waals surface area contributed by atoms with Gasteiger partial charge >= 0.3 is 0 Å². The monoisotopic (exact) mass is 195 g/mol. The molecule has 2 heteroatoms. The lowest BCUT2D eigenvalue weighted by Crippen LogP contribution is -2.12. The summed E-state index contributed by atoms with van der Waals surface area (Å²) >= 11 is 0. The summed E-state index contributed by atoms with van der Waals surface area (Å²) in [6.45, 7) is 3.21. The van der Waals surface area contributed by atoms with E-state index in [1.165, 1.54) is 32.2 Å². The van der Waals surface area contributed by atoms with Crippen molar-refractivity contribution in [3.8, 4) is 0 Å². The lowest BCUT2D eigenvalue weighted by atomic mass is 10.0. The van der Waals surface area contributed by atoms with Crippen molar-refractivity contribution in [3.63, 3.8) is 0 Å². The van der Waals surface area contributed by atoms with Crippen LogP contribution in [0.15, 0.2) is 23.8 Å². The molecule has 0 aromatic heterocycles. The number of carbonyl (C=O) groups is 1. The van der Waals surface area contributed by atoms with Crippen LogP contribution in [0.4, 0.5) is 0 Å². The van der Waals surface area contributed by atoms with E-state index in [0.29, 0.717) is 0 Å². The van der Waals surface area contributed by atoms with Crippen molar-refractivity contribution < 1.29 is 4.79 Å². The van der Waals surface area contributed by atoms with Crippen LogP contribution in [0.1, 0.15) is 25.7 Å². The van der Waals surface area contributed by atoms with E-state index in [4.69, 9.17) is 4.79 Å². The average molecular weight is 195 g/mol. The molecule has 0 radical (unpaired) electrons. The van der Waals surface area contributed by atoms with Gasteiger partial charge in [0.25, 0.3) is 0 Å². The Hall–Kier alpha value is -0.890. The molecule has 2 nitrogen and oxygen atoms in total. The Balaban J connectivity index is 0.000000791. The third kappa shape index (κ3) is 6.61. The lowest BCUT2D eigenvalue weighted by molar-refractivity contribution is -0.0979. The third-order valence-corrected chi connectivity index (χ3v) is 2.20. The standard InChI is InChI=1S/C11H19N.CH2O/c1-12(2)10-6-9-11-7-4-3-5-8-11;1-2/h3-4,7H,5-6,8-10H2,1-2H3;1H2. The molecule has 0 saturated heterocycles. The Morgan fingerprint density at radius 2 is 2.14 bits per heavy atom. The van der Waals surface area contributed by atoms with E-state index < -0.39 is 0 Å². The van der Waals surface area contributed by atoms with Crippen LogP contribution >= 0.6 is 0 Å². The first-order valence-corrected chi connectivity index (χ1v) is 5.07. The minimum absolute atomic E-state index is 1.21. The summed E-state index contributed by atoms with van der Waals surface area (Å²) in [6, 6.07) is 0. The molecule has 14 heavy (non-hydrogen) atoms. The lowest BCUT2D eigenvalue weighted by Gasteiger charge is -2.11. The molecule has 0 aromatic rings. The normalized spacial score (nSPS) is 14.6. The highest BCUT2D eigenvalue weighted by Gasteiger charge is 1.99. The van der Waals surface area contributed by atoms with E-state index in [1.807, 2.05) is 6.79 Å². The number of rotatable bonds is 4. The van der Waals surface area contributed by atoms with Crippen LogP contribution in [0.3, 0.4) is 0 Å². The van der Waals surface area contributed by atoms with Gasteiger partial charge in [0, 0.05) is 0 Å². The van der Waals surface area contributed by atoms with E-state index >= 15 is 0 Å². The number of hydrogen-bond donors (Lipinski definition) is 0. The zero-order chi connectivity index (χ0) is 10.8. The molecule has 0 heterocycles. The second-order valence-corrected chi connectivity index (χ2v) is 3.70. The Morgan fingerprint density at radius 3 is 2.64 bits per heavy atom. The van der Waals surface area contributed by atoms with Crippen molar-refractivity contribution in [2.24, 2.45) is 0 Å². The van der Waals surface area contributed by atoms with Crippen LogP contribution < -0.4 is 0 Å². The van der Waals surface area contributed by atoms with Gasteiger partial charge in [-0.1, -0.05) is 23.8 Å². The highest BCUT2D eigenvalue weighted by atomic mass is 16.1. The smallest absolute Gasteiger partial charge is 0.106 e. The summed E-state index contributed by atoms with van der Waals surface area (Å²) < 4.78 is 0. The van der Waals surface area contributed by atoms with Crippen LogP contribution in [0, 0.1) is 0 Å². The molecule has 1 rings (SSSR count). The molecular weight excluding hydrogens is 174 g/mol. The van der Waals surface area contributed by atoms with Crippen LogP contribution in [0.2, 0.25) is 0 Å². The van der Waals surface area contributed by atoms with Crippen LogP contribution in [-0.2, 0) is 4.79 Å². The molecule has 0 N–H and O–H groups in total. The number of hydrogen-bond acceptors (Lipinski definition) is 2. The molecule has 1 aliphatic rings. The van der Waals surface area contributed by atoms with Crippen molar-refractivity contribution in [1.29, 1.82) is 0 Å². The van der Waals surface area contributed by atoms with Crippen LogP contribution in [-0.4, -0.2) is 32.3 Å². The van der Waals surface area contributed by atoms with Gasteiger partial charge in [0.15, 0.2) is 0 Å². The van der Waals surface area contributed by atoms with Crippen LogP contribution in [0.25, 0.3) is 0 Å². The maximum absolute atomic E-state index is 8.00. The molecule has 0 saturated carbocycles. The summed E-state index contributed by atoms with van der Waals surface area (Å²) in [7, 11) is 4.27. The van der Waals surface area contributed by atoms with Gasteiger partial charge in [-0.15, -0.1) is 0 Å². The fraction of sp³-hybridized carbons (Fsp3) is 0.583. The second kappa shape index (κ2) is 8.70. The largest absolute Gasteiger partial charge is 0.309 e. The maximum atomic E-state index is 8.00. The van der Waals surface area contributed by atoms with Gasteiger partial charge in [0.05, 0.1) is 0 Å². The molecule has 0 aromatic carbocycles. The molecule has 80 valence electrons. The molecule has 1 aliphatic carbocycles. The first-order chi connectivity index (χ1) is 6.79. The van der Waals surface area contributed by atoms with Gasteiger partial charge in [-0.3, -0.25) is 0 Å². The molecule has 0 aliphatic heterocycles. The minimum atomic E-state index is 1.21. The highest BCUT2D eigenvalue weighted by molar-refractivity contribution is 5.17. The Morgan fingerprint density at radius 1 is 1.43 bits per heavy atom. The number of carbonyl (C=O) groups excluding carboxylic acids is 1. The van der Waals surface area contributed by atoms with Gasteiger partial charge in [0.2, 0.25) is 0 Å². The van der Waals surface area contributed by atoms with Crippen molar-refractivity contribution >= 4 is 6.79 Å². The molecule has 0 amide bonds. The van der Waals surface area contributed by atoms with Crippen molar-refractivity contribution in [2.75, 3.05) is 20.6 Å². The van der Waals surface area contributed by atoms with Crippen LogP contribution in [0.5, 0.6) is 0 Å². The predicted octanol–water partition coefficient (Wildman–Crippen LogP) is 2.42. The molecule has 0 spiro atoms. The zero-order valence-corrected chi connectivity index (χ0v) is 9.33. The summed E-state index contributed by atoms with van der Waals surface area (Å²) in [4.78, 5) is 10.2. The topological polar surface area (TPSA) is 20.3 Å². The molecular formula is C12H21NO. The van der Waals surface area contributed by atoms with Crippen molar-refractivity contribution in [1.82, 2.24) is 4.90 Å². The Bertz CT molecular complexity index is 194. The first kappa shape index (κ1) is 13.1. The van der Waals surface area contributed by atoms with E-state index in [9.17, 15) is 0 Å². The number of nitrogens with zero attached hydrogens (tertiary/aromatic N) is 1. The van der Waals surface area contributed by atoms with Gasteiger partial charge in [0.1, 0.15) is 6.79 Å². The van der Waals surface area contributed by atoms with E-state index in [0.717, 1.165) is 0 Å². The Labute approximate surface area is 87.3 Å². The molecule has 0 bridgehead atoms. The highest BCUT2D eigenvalue weighted by Crippen LogP contribution is 2.16. The zero-order valence-electron chi connectivity index (χ0n) is 9.33. The van der Waals surface area contributed by atoms with E-state index in [-0.39, 0.29) is 0 Å². The van der Waals surface area contributed by atoms with Gasteiger partial charge in [-0.25, -0.2) is 0 Å². The molecule has 0 unspecified atom stereocenters. The van der Waals surface area contributed by atoms with Gasteiger partial charge in [-0.2, -0.15) is 0 Å². The van der Waals surface area contributed by atoms with E-state index in [1.54, 1.807) is 5.57 Å².